The van der Waals surface area contributed by atoms with E-state index in [0.29, 0.717) is 12.0 Å². The maximum atomic E-state index is 11.5. The summed E-state index contributed by atoms with van der Waals surface area (Å²) in [5.41, 5.74) is 1.31. The molecule has 0 saturated carbocycles. The van der Waals surface area contributed by atoms with E-state index in [1.807, 2.05) is 0 Å². The van der Waals surface area contributed by atoms with Crippen LogP contribution in [0.1, 0.15) is 28.4 Å². The zero-order valence-corrected chi connectivity index (χ0v) is 8.36. The number of hydrogen-bond acceptors (Lipinski definition) is 4. The Hall–Kier alpha value is -1.55. The van der Waals surface area contributed by atoms with Gasteiger partial charge < -0.3 is 14.9 Å². The zero-order chi connectivity index (χ0) is 11.0. The van der Waals surface area contributed by atoms with E-state index < -0.39 is 5.97 Å². The lowest BCUT2D eigenvalue weighted by molar-refractivity contribution is 0.0296. The number of hydrogen-bond donors (Lipinski definition) is 2. The molecule has 0 amide bonds. The topological polar surface area (TPSA) is 66.8 Å². The van der Waals surface area contributed by atoms with E-state index in [2.05, 4.69) is 0 Å². The van der Waals surface area contributed by atoms with Gasteiger partial charge in [-0.3, -0.25) is 0 Å². The summed E-state index contributed by atoms with van der Waals surface area (Å²) in [5, 5.41) is 18.7. The van der Waals surface area contributed by atoms with Crippen LogP contribution >= 0.6 is 0 Å². The maximum absolute atomic E-state index is 11.5. The first-order chi connectivity index (χ1) is 7.13. The largest absolute Gasteiger partial charge is 0.507 e. The molecule has 0 fully saturated rings. The van der Waals surface area contributed by atoms with Gasteiger partial charge in [0, 0.05) is 12.0 Å². The van der Waals surface area contributed by atoms with E-state index in [1.54, 1.807) is 19.1 Å². The van der Waals surface area contributed by atoms with Crippen molar-refractivity contribution in [2.45, 2.75) is 26.1 Å². The first-order valence-electron chi connectivity index (χ1n) is 4.79. The lowest BCUT2D eigenvalue weighted by atomic mass is 9.96. The van der Waals surface area contributed by atoms with Gasteiger partial charge in [-0.2, -0.15) is 0 Å². The number of ether oxygens (including phenoxy) is 1. The number of rotatable bonds is 1. The number of aromatic hydroxyl groups is 1. The molecule has 4 nitrogen and oxygen atoms in total. The molecule has 1 aliphatic heterocycles. The molecule has 1 aromatic rings. The van der Waals surface area contributed by atoms with Gasteiger partial charge in [-0.25, -0.2) is 4.79 Å². The molecule has 0 aliphatic carbocycles. The monoisotopic (exact) mass is 208 g/mol. The van der Waals surface area contributed by atoms with E-state index in [4.69, 9.17) is 9.84 Å². The third kappa shape index (κ3) is 1.57. The van der Waals surface area contributed by atoms with Crippen LogP contribution in [0.2, 0.25) is 0 Å². The molecule has 15 heavy (non-hydrogen) atoms. The fraction of sp³-hybridized carbons (Fsp3) is 0.364. The minimum absolute atomic E-state index is 0.160. The fourth-order valence-corrected chi connectivity index (χ4v) is 1.79. The number of esters is 1. The molecular weight excluding hydrogens is 196 g/mol. The fourth-order valence-electron chi connectivity index (χ4n) is 1.79. The number of benzene rings is 1. The predicted octanol–water partition coefficient (Wildman–Crippen LogP) is 0.986. The van der Waals surface area contributed by atoms with Gasteiger partial charge in [0.2, 0.25) is 0 Å². The van der Waals surface area contributed by atoms with Crippen molar-refractivity contribution in [3.8, 4) is 5.75 Å². The van der Waals surface area contributed by atoms with Gasteiger partial charge in [-0.05, 0) is 12.5 Å². The van der Waals surface area contributed by atoms with Crippen LogP contribution in [0.15, 0.2) is 12.1 Å². The summed E-state index contributed by atoms with van der Waals surface area (Å²) in [6.07, 6.45) is 0.435. The van der Waals surface area contributed by atoms with Gasteiger partial charge in [0.05, 0.1) is 6.61 Å². The van der Waals surface area contributed by atoms with Gasteiger partial charge >= 0.3 is 5.97 Å². The van der Waals surface area contributed by atoms with Crippen molar-refractivity contribution in [2.75, 3.05) is 0 Å². The zero-order valence-electron chi connectivity index (χ0n) is 8.36. The van der Waals surface area contributed by atoms with Crippen LogP contribution in [0.5, 0.6) is 5.75 Å². The van der Waals surface area contributed by atoms with Crippen LogP contribution in [0.25, 0.3) is 0 Å². The van der Waals surface area contributed by atoms with Crippen molar-refractivity contribution in [3.05, 3.63) is 28.8 Å². The normalized spacial score (nSPS) is 19.6. The van der Waals surface area contributed by atoms with Crippen molar-refractivity contribution in [1.82, 2.24) is 0 Å². The number of fused-ring (bicyclic) bond motifs is 1. The number of phenols is 1. The van der Waals surface area contributed by atoms with Crippen molar-refractivity contribution in [1.29, 1.82) is 0 Å². The molecule has 0 bridgehead atoms. The number of cyclic esters (lactones) is 1. The van der Waals surface area contributed by atoms with Crippen molar-refractivity contribution in [3.63, 3.8) is 0 Å². The SMILES string of the molecule is C[C@@H]1Cc2ccc(CO)c(O)c2C(=O)O1. The van der Waals surface area contributed by atoms with E-state index in [9.17, 15) is 9.90 Å². The van der Waals surface area contributed by atoms with Gasteiger partial charge in [-0.1, -0.05) is 12.1 Å². The molecule has 1 atom stereocenters. The Morgan fingerprint density at radius 2 is 2.27 bits per heavy atom. The average molecular weight is 208 g/mol. The Morgan fingerprint density at radius 3 is 2.93 bits per heavy atom. The molecule has 1 aliphatic rings. The highest BCUT2D eigenvalue weighted by Crippen LogP contribution is 2.31. The second-order valence-electron chi connectivity index (χ2n) is 3.69. The first-order valence-corrected chi connectivity index (χ1v) is 4.79. The lowest BCUT2D eigenvalue weighted by Gasteiger charge is -2.22. The van der Waals surface area contributed by atoms with Crippen LogP contribution in [0.4, 0.5) is 0 Å². The second-order valence-corrected chi connectivity index (χ2v) is 3.69. The van der Waals surface area contributed by atoms with Crippen LogP contribution in [0.3, 0.4) is 0 Å². The van der Waals surface area contributed by atoms with E-state index >= 15 is 0 Å². The summed E-state index contributed by atoms with van der Waals surface area (Å²) in [4.78, 5) is 11.5. The Labute approximate surface area is 87.1 Å². The highest BCUT2D eigenvalue weighted by Gasteiger charge is 2.27. The minimum atomic E-state index is -0.517. The highest BCUT2D eigenvalue weighted by atomic mass is 16.5. The highest BCUT2D eigenvalue weighted by molar-refractivity contribution is 5.95. The molecule has 0 spiro atoms. The first kappa shape index (κ1) is 9.98. The quantitative estimate of drug-likeness (QED) is 0.675. The second kappa shape index (κ2) is 3.55. The molecule has 80 valence electrons. The summed E-state index contributed by atoms with van der Waals surface area (Å²) in [6, 6.07) is 3.37. The van der Waals surface area contributed by atoms with Crippen molar-refractivity contribution in [2.24, 2.45) is 0 Å². The lowest BCUT2D eigenvalue weighted by Crippen LogP contribution is -2.25. The van der Waals surface area contributed by atoms with E-state index in [-0.39, 0.29) is 24.0 Å². The maximum Gasteiger partial charge on any atom is 0.342 e. The molecule has 0 unspecified atom stereocenters. The van der Waals surface area contributed by atoms with Crippen molar-refractivity contribution >= 4 is 5.97 Å². The Morgan fingerprint density at radius 1 is 1.53 bits per heavy atom. The number of carbonyl (C=O) groups is 1. The van der Waals surface area contributed by atoms with Gasteiger partial charge in [0.1, 0.15) is 17.4 Å². The molecule has 2 N–H and O–H groups in total. The smallest absolute Gasteiger partial charge is 0.342 e. The summed E-state index contributed by atoms with van der Waals surface area (Å²) >= 11 is 0. The number of carbonyl (C=O) groups excluding carboxylic acids is 1. The molecule has 1 aromatic carbocycles. The van der Waals surface area contributed by atoms with Crippen LogP contribution in [-0.4, -0.2) is 22.3 Å². The van der Waals surface area contributed by atoms with Gasteiger partial charge in [0.15, 0.2) is 0 Å². The summed E-state index contributed by atoms with van der Waals surface area (Å²) < 4.78 is 5.01. The molecular formula is C11H12O4. The third-order valence-electron chi connectivity index (χ3n) is 2.54. The summed E-state index contributed by atoms with van der Waals surface area (Å²) in [5.74, 6) is -0.677. The molecule has 2 rings (SSSR count). The molecule has 0 saturated heterocycles. The summed E-state index contributed by atoms with van der Waals surface area (Å²) in [6.45, 7) is 1.51. The van der Waals surface area contributed by atoms with Crippen molar-refractivity contribution < 1.29 is 19.7 Å². The Bertz CT molecular complexity index is 411. The molecule has 0 aromatic heterocycles. The van der Waals surface area contributed by atoms with Crippen LogP contribution in [0, 0.1) is 0 Å². The van der Waals surface area contributed by atoms with Gasteiger partial charge in [0.25, 0.3) is 0 Å². The van der Waals surface area contributed by atoms with Crippen LogP contribution in [-0.2, 0) is 17.8 Å². The van der Waals surface area contributed by atoms with Crippen LogP contribution < -0.4 is 0 Å². The summed E-state index contributed by atoms with van der Waals surface area (Å²) in [7, 11) is 0. The number of aliphatic hydroxyl groups is 1. The Balaban J connectivity index is 2.56. The molecule has 1 heterocycles. The standard InChI is InChI=1S/C11H12O4/c1-6-4-7-2-3-8(5-12)10(13)9(7)11(14)15-6/h2-3,6,12-13H,4-5H2,1H3/t6-/m1/s1. The van der Waals surface area contributed by atoms with E-state index in [1.165, 1.54) is 0 Å². The van der Waals surface area contributed by atoms with E-state index in [0.717, 1.165) is 5.56 Å². The molecule has 4 heteroatoms. The number of aliphatic hydroxyl groups excluding tert-OH is 1. The predicted molar refractivity (Wildman–Crippen MR) is 52.6 cm³/mol. The average Bonchev–Trinajstić information content (AvgIpc) is 2.17. The molecule has 0 radical (unpaired) electrons. The van der Waals surface area contributed by atoms with Gasteiger partial charge in [-0.15, -0.1) is 0 Å². The minimum Gasteiger partial charge on any atom is -0.507 e. The Kier molecular flexibility index (Phi) is 2.36. The third-order valence-corrected chi connectivity index (χ3v) is 2.54.